The molecule has 1 N–H and O–H groups in total. The van der Waals surface area contributed by atoms with Gasteiger partial charge in [-0.3, -0.25) is 20.2 Å². The second kappa shape index (κ2) is 3.60. The third-order valence-electron chi connectivity index (χ3n) is 1.33. The fraction of sp³-hybridized carbons (Fsp3) is 1.00. The van der Waals surface area contributed by atoms with Gasteiger partial charge in [-0.25, -0.2) is 10.1 Å². The summed E-state index contributed by atoms with van der Waals surface area (Å²) >= 11 is 0. The first-order valence-corrected chi connectivity index (χ1v) is 2.97. The summed E-state index contributed by atoms with van der Waals surface area (Å²) in [7, 11) is 0. The number of nitro groups is 3. The molecule has 0 aromatic heterocycles. The van der Waals surface area contributed by atoms with Gasteiger partial charge >= 0.3 is 5.66 Å². The summed E-state index contributed by atoms with van der Waals surface area (Å²) in [6.07, 6.45) is 0. The number of nitrogens with one attached hydrogen (secondary N) is 1. The van der Waals surface area contributed by atoms with Crippen molar-refractivity contribution >= 4 is 0 Å². The molecule has 13 heavy (non-hydrogen) atoms. The Balaban J connectivity index is 4.52. The van der Waals surface area contributed by atoms with Crippen molar-refractivity contribution in [2.24, 2.45) is 0 Å². The van der Waals surface area contributed by atoms with Gasteiger partial charge in [-0.05, 0) is 0 Å². The smallest absolute Gasteiger partial charge is 0.258 e. The lowest BCUT2D eigenvalue weighted by Gasteiger charge is -2.09. The maximum absolute atomic E-state index is 10.2. The second-order valence-corrected chi connectivity index (χ2v) is 2.32. The van der Waals surface area contributed by atoms with Crippen molar-refractivity contribution in [1.29, 1.82) is 0 Å². The number of hydrogen-bond acceptors (Lipinski definition) is 6. The van der Waals surface area contributed by atoms with Crippen molar-refractivity contribution in [2.45, 2.75) is 12.6 Å². The largest absolute Gasteiger partial charge is 0.478 e. The van der Waals surface area contributed by atoms with Gasteiger partial charge in [0.05, 0.1) is 6.92 Å². The van der Waals surface area contributed by atoms with Crippen LogP contribution in [0.5, 0.6) is 0 Å². The highest BCUT2D eigenvalue weighted by atomic mass is 16.7. The van der Waals surface area contributed by atoms with Crippen molar-refractivity contribution in [3.8, 4) is 0 Å². The lowest BCUT2D eigenvalue weighted by molar-refractivity contribution is -0.794. The number of hydrogen-bond donors (Lipinski definition) is 1. The van der Waals surface area contributed by atoms with Crippen LogP contribution in [0, 0.1) is 30.3 Å². The van der Waals surface area contributed by atoms with E-state index in [2.05, 4.69) is 0 Å². The quantitative estimate of drug-likeness (QED) is 0.337. The van der Waals surface area contributed by atoms with Gasteiger partial charge in [0.1, 0.15) is 9.85 Å². The molecule has 0 fully saturated rings. The van der Waals surface area contributed by atoms with Crippen LogP contribution >= 0.6 is 0 Å². The van der Waals surface area contributed by atoms with Gasteiger partial charge in [-0.2, -0.15) is 0 Å². The van der Waals surface area contributed by atoms with Gasteiger partial charge < -0.3 is 0 Å². The van der Waals surface area contributed by atoms with Crippen LogP contribution in [-0.4, -0.2) is 27.1 Å². The Morgan fingerprint density at radius 3 is 1.77 bits per heavy atom. The van der Waals surface area contributed by atoms with Gasteiger partial charge in [-0.1, -0.05) is 0 Å². The predicted molar refractivity (Wildman–Crippen MR) is 37.4 cm³/mol. The molecule has 0 heterocycles. The molecule has 0 aliphatic rings. The highest BCUT2D eigenvalue weighted by molar-refractivity contribution is 4.60. The van der Waals surface area contributed by atoms with Crippen LogP contribution in [0.3, 0.4) is 0 Å². The molecule has 0 radical (unpaired) electrons. The minimum Gasteiger partial charge on any atom is -0.258 e. The molecule has 74 valence electrons. The van der Waals surface area contributed by atoms with Crippen LogP contribution in [0.1, 0.15) is 6.92 Å². The molecule has 10 nitrogen and oxygen atoms in total. The Hall–Kier alpha value is -2.00. The highest BCUT2D eigenvalue weighted by Gasteiger charge is 2.52. The van der Waals surface area contributed by atoms with Crippen LogP contribution in [0.4, 0.5) is 0 Å². The molecule has 0 atom stereocenters. The van der Waals surface area contributed by atoms with Crippen molar-refractivity contribution in [2.75, 3.05) is 6.54 Å². The van der Waals surface area contributed by atoms with E-state index in [1.165, 1.54) is 5.43 Å². The summed E-state index contributed by atoms with van der Waals surface area (Å²) in [5.41, 5.74) is -1.19. The zero-order chi connectivity index (χ0) is 10.6. The molecule has 0 amide bonds. The Morgan fingerprint density at radius 1 is 1.15 bits per heavy atom. The van der Waals surface area contributed by atoms with Crippen molar-refractivity contribution in [1.82, 2.24) is 5.43 Å². The van der Waals surface area contributed by atoms with E-state index >= 15 is 0 Å². The van der Waals surface area contributed by atoms with Crippen LogP contribution in [-0.2, 0) is 0 Å². The number of hydrazine groups is 1. The average molecular weight is 194 g/mol. The predicted octanol–water partition coefficient (Wildman–Crippen LogP) is -0.963. The molecule has 0 saturated heterocycles. The maximum Gasteiger partial charge on any atom is 0.478 e. The van der Waals surface area contributed by atoms with E-state index in [9.17, 15) is 30.3 Å². The minimum absolute atomic E-state index is 0.684. The molecule has 0 aromatic rings. The summed E-state index contributed by atoms with van der Waals surface area (Å²) in [6, 6.07) is 0. The van der Waals surface area contributed by atoms with Crippen molar-refractivity contribution in [3.63, 3.8) is 0 Å². The summed E-state index contributed by atoms with van der Waals surface area (Å²) in [5.74, 6) is 0. The molecule has 0 bridgehead atoms. The van der Waals surface area contributed by atoms with E-state index in [0.29, 0.717) is 6.92 Å². The maximum atomic E-state index is 10.2. The fourth-order valence-corrected chi connectivity index (χ4v) is 0.410. The molecule has 0 spiro atoms. The molecular weight excluding hydrogens is 188 g/mol. The zero-order valence-electron chi connectivity index (χ0n) is 6.50. The van der Waals surface area contributed by atoms with Crippen LogP contribution < -0.4 is 5.43 Å². The van der Waals surface area contributed by atoms with E-state index in [1.54, 1.807) is 0 Å². The first-order chi connectivity index (χ1) is 5.80. The number of nitrogens with zero attached hydrogens (tertiary/aromatic N) is 3. The summed E-state index contributed by atoms with van der Waals surface area (Å²) in [4.78, 5) is 27.7. The van der Waals surface area contributed by atoms with E-state index in [1.807, 2.05) is 0 Å². The monoisotopic (exact) mass is 194 g/mol. The van der Waals surface area contributed by atoms with Gasteiger partial charge in [0.15, 0.2) is 5.03 Å². The fourth-order valence-electron chi connectivity index (χ4n) is 0.410. The van der Waals surface area contributed by atoms with E-state index in [4.69, 9.17) is 0 Å². The van der Waals surface area contributed by atoms with E-state index < -0.39 is 27.1 Å². The molecule has 0 unspecified atom stereocenters. The molecule has 0 aliphatic heterocycles. The third-order valence-corrected chi connectivity index (χ3v) is 1.33. The zero-order valence-corrected chi connectivity index (χ0v) is 6.50. The summed E-state index contributed by atoms with van der Waals surface area (Å²) in [5, 5.41) is 29.0. The first-order valence-electron chi connectivity index (χ1n) is 2.97. The molecule has 0 aromatic carbocycles. The summed E-state index contributed by atoms with van der Waals surface area (Å²) < 4.78 is 0. The van der Waals surface area contributed by atoms with Crippen LogP contribution in [0.15, 0.2) is 0 Å². The van der Waals surface area contributed by atoms with Gasteiger partial charge in [0, 0.05) is 0 Å². The molecule has 0 aliphatic carbocycles. The van der Waals surface area contributed by atoms with Crippen LogP contribution in [0.25, 0.3) is 0 Å². The Bertz CT molecular complexity index is 236. The number of rotatable bonds is 5. The van der Waals surface area contributed by atoms with Gasteiger partial charge in [-0.15, -0.1) is 5.43 Å². The Labute approximate surface area is 70.9 Å². The van der Waals surface area contributed by atoms with E-state index in [-0.39, 0.29) is 0 Å². The van der Waals surface area contributed by atoms with Gasteiger partial charge in [0.25, 0.3) is 0 Å². The molecule has 0 rings (SSSR count). The topological polar surface area (TPSA) is 141 Å². The van der Waals surface area contributed by atoms with Gasteiger partial charge in [0.2, 0.25) is 6.54 Å². The molecular formula is C3H6N4O6. The highest BCUT2D eigenvalue weighted by Crippen LogP contribution is 2.07. The second-order valence-electron chi connectivity index (χ2n) is 2.32. The average Bonchev–Trinajstić information content (AvgIpc) is 1.99. The Morgan fingerprint density at radius 2 is 1.54 bits per heavy atom. The first kappa shape index (κ1) is 11.0. The normalized spacial score (nSPS) is 10.5. The van der Waals surface area contributed by atoms with Crippen molar-refractivity contribution in [3.05, 3.63) is 30.3 Å². The lowest BCUT2D eigenvalue weighted by atomic mass is 10.2. The van der Waals surface area contributed by atoms with Crippen molar-refractivity contribution < 1.29 is 14.9 Å². The SMILES string of the molecule is CC(CN[N+](=O)[O-])([N+](=O)[O-])[N+](=O)[O-]. The third kappa shape index (κ3) is 2.50. The summed E-state index contributed by atoms with van der Waals surface area (Å²) in [6.45, 7) is -0.288. The Kier molecular flexibility index (Phi) is 3.05. The standard InChI is InChI=1S/C3H6N4O6/c1-3(5(8)9,6(10)11)2-4-7(12)13/h4H,2H2,1H3. The minimum atomic E-state index is -2.58. The lowest BCUT2D eigenvalue weighted by Crippen LogP contribution is -2.52. The molecule has 0 saturated carbocycles. The van der Waals surface area contributed by atoms with E-state index in [0.717, 1.165) is 0 Å². The van der Waals surface area contributed by atoms with Crippen LogP contribution in [0.2, 0.25) is 0 Å². The molecule has 10 heteroatoms.